The van der Waals surface area contributed by atoms with Gasteiger partial charge >= 0.3 is 0 Å². The summed E-state index contributed by atoms with van der Waals surface area (Å²) >= 11 is 0. The zero-order valence-corrected chi connectivity index (χ0v) is 29.4. The monoisotopic (exact) mass is 769 g/mol. The van der Waals surface area contributed by atoms with Crippen LogP contribution in [0.3, 0.4) is 0 Å². The summed E-state index contributed by atoms with van der Waals surface area (Å²) in [5.74, 6) is 2.06. The number of phenols is 1. The zero-order valence-electron chi connectivity index (χ0n) is 27.1. The second-order valence-electron chi connectivity index (χ2n) is 15.0. The number of aliphatic imine (C=N–C) groups is 1. The van der Waals surface area contributed by atoms with Crippen LogP contribution in [0.25, 0.3) is 10.9 Å². The molecule has 0 spiro atoms. The Hall–Kier alpha value is -3.17. The fourth-order valence-corrected chi connectivity index (χ4v) is 6.53. The molecule has 5 nitrogen and oxygen atoms in total. The average Bonchev–Trinajstić information content (AvgIpc) is 3.34. The number of fused-ring (bicyclic) bond motifs is 2. The molecule has 44 heavy (non-hydrogen) atoms. The number of aromatic nitrogens is 1. The number of anilines is 1. The molecule has 6 rings (SSSR count). The number of amidine groups is 1. The Labute approximate surface area is 277 Å². The molecule has 0 saturated heterocycles. The third-order valence-electron chi connectivity index (χ3n) is 9.13. The maximum absolute atomic E-state index is 10.3. The Morgan fingerprint density at radius 3 is 2.27 bits per heavy atom. The van der Waals surface area contributed by atoms with E-state index < -0.39 is 0 Å². The second kappa shape index (κ2) is 11.6. The molecule has 2 heterocycles. The van der Waals surface area contributed by atoms with E-state index in [2.05, 4.69) is 95.6 Å². The van der Waals surface area contributed by atoms with Crippen molar-refractivity contribution in [3.8, 4) is 17.4 Å². The van der Waals surface area contributed by atoms with Gasteiger partial charge in [-0.15, -0.1) is 23.8 Å². The van der Waals surface area contributed by atoms with Crippen LogP contribution < -0.4 is 9.64 Å². The minimum atomic E-state index is 0. The van der Waals surface area contributed by atoms with Crippen LogP contribution in [0.1, 0.15) is 91.3 Å². The summed E-state index contributed by atoms with van der Waals surface area (Å²) in [4.78, 5) is 12.6. The molecule has 234 valence electrons. The van der Waals surface area contributed by atoms with Crippen LogP contribution in [0.2, 0.25) is 0 Å². The van der Waals surface area contributed by atoms with E-state index in [9.17, 15) is 5.11 Å². The number of para-hydroxylation sites is 1. The van der Waals surface area contributed by atoms with Gasteiger partial charge in [0.25, 0.3) is 0 Å². The summed E-state index contributed by atoms with van der Waals surface area (Å²) < 4.78 is 6.22. The molecule has 3 aromatic carbocycles. The van der Waals surface area contributed by atoms with Crippen LogP contribution in [-0.2, 0) is 31.9 Å². The molecule has 0 radical (unpaired) electrons. The molecule has 1 aromatic heterocycles. The number of rotatable bonds is 4. The van der Waals surface area contributed by atoms with Crippen molar-refractivity contribution in [2.45, 2.75) is 97.6 Å². The Kier molecular flexibility index (Phi) is 8.52. The van der Waals surface area contributed by atoms with E-state index in [0.29, 0.717) is 17.1 Å². The van der Waals surface area contributed by atoms with Crippen molar-refractivity contribution in [2.24, 2.45) is 10.4 Å². The smallest absolute Gasteiger partial charge is 0.217 e. The van der Waals surface area contributed by atoms with Crippen molar-refractivity contribution in [1.29, 1.82) is 0 Å². The molecular formula is C38H44N3O2Pt-. The van der Waals surface area contributed by atoms with Crippen molar-refractivity contribution >= 4 is 22.4 Å². The SMILES string of the molecule is CC(C)(C)c1cc(N2C(c3[c-]c(Oc4ccc5cccc(O)c5n4)ccc3)=N[C@@H]3[C@@H]2CCCC3(C)C)cc(C(C)(C)C)c1.[Pt]. The minimum absolute atomic E-state index is 0. The molecule has 1 N–H and O–H groups in total. The molecule has 0 bridgehead atoms. The fourth-order valence-electron chi connectivity index (χ4n) is 6.53. The maximum atomic E-state index is 10.3. The summed E-state index contributed by atoms with van der Waals surface area (Å²) in [6, 6.07) is 26.2. The van der Waals surface area contributed by atoms with Crippen LogP contribution in [0.4, 0.5) is 5.69 Å². The number of nitrogens with zero attached hydrogens (tertiary/aromatic N) is 3. The first-order valence-corrected chi connectivity index (χ1v) is 15.5. The predicted molar refractivity (Wildman–Crippen MR) is 177 cm³/mol. The molecule has 2 atom stereocenters. The molecule has 1 fully saturated rings. The van der Waals surface area contributed by atoms with Crippen LogP contribution in [0.15, 0.2) is 71.7 Å². The Morgan fingerprint density at radius 2 is 1.59 bits per heavy atom. The number of pyridine rings is 1. The number of aromatic hydroxyl groups is 1. The maximum Gasteiger partial charge on any atom is 0.217 e. The number of hydrogen-bond acceptors (Lipinski definition) is 5. The van der Waals surface area contributed by atoms with E-state index in [4.69, 9.17) is 9.73 Å². The topological polar surface area (TPSA) is 58.0 Å². The van der Waals surface area contributed by atoms with Crippen molar-refractivity contribution in [3.63, 3.8) is 0 Å². The standard InChI is InChI=1S/C38H44N3O2.Pt/c1-36(2,3)26-21-27(37(4,5)6)23-28(22-26)41-30-15-11-19-38(7,8)34(30)40-35(41)25-13-9-14-29(20-25)43-32-18-17-24-12-10-16-31(42)33(24)39-32;/h9-10,12-14,16-18,21-23,30,34,42H,11,15,19H2,1-8H3;/q-1;/t30-,34+;/m0./s1. The second-order valence-corrected chi connectivity index (χ2v) is 15.0. The molecule has 0 unspecified atom stereocenters. The number of benzene rings is 3. The Morgan fingerprint density at radius 1 is 0.909 bits per heavy atom. The van der Waals surface area contributed by atoms with Gasteiger partial charge in [0, 0.05) is 50.0 Å². The quantitative estimate of drug-likeness (QED) is 0.210. The van der Waals surface area contributed by atoms with Gasteiger partial charge in [-0.05, 0) is 64.5 Å². The molecule has 4 aromatic rings. The van der Waals surface area contributed by atoms with E-state index >= 15 is 0 Å². The molecule has 1 aliphatic heterocycles. The van der Waals surface area contributed by atoms with Gasteiger partial charge in [-0.1, -0.05) is 86.1 Å². The van der Waals surface area contributed by atoms with Gasteiger partial charge in [0.15, 0.2) is 0 Å². The van der Waals surface area contributed by atoms with Crippen LogP contribution in [0.5, 0.6) is 17.4 Å². The molecule has 1 aliphatic carbocycles. The molecule has 6 heteroatoms. The Bertz CT molecular complexity index is 1680. The summed E-state index contributed by atoms with van der Waals surface area (Å²) in [6.07, 6.45) is 3.46. The minimum Gasteiger partial charge on any atom is -0.506 e. The third-order valence-corrected chi connectivity index (χ3v) is 9.13. The number of ether oxygens (including phenoxy) is 1. The molecular weight excluding hydrogens is 726 g/mol. The first kappa shape index (κ1) is 32.2. The predicted octanol–water partition coefficient (Wildman–Crippen LogP) is 9.34. The van der Waals surface area contributed by atoms with E-state index in [1.54, 1.807) is 6.07 Å². The van der Waals surface area contributed by atoms with Crippen molar-refractivity contribution in [1.82, 2.24) is 4.98 Å². The summed E-state index contributed by atoms with van der Waals surface area (Å²) in [6.45, 7) is 18.5. The normalized spacial score (nSPS) is 19.7. The number of hydrogen-bond donors (Lipinski definition) is 1. The van der Waals surface area contributed by atoms with Gasteiger partial charge < -0.3 is 19.7 Å². The molecule has 0 amide bonds. The van der Waals surface area contributed by atoms with Crippen LogP contribution in [0, 0.1) is 11.5 Å². The van der Waals surface area contributed by atoms with Gasteiger partial charge in [0.1, 0.15) is 11.3 Å². The van der Waals surface area contributed by atoms with E-state index in [1.165, 1.54) is 29.7 Å². The van der Waals surface area contributed by atoms with E-state index in [0.717, 1.165) is 23.2 Å². The van der Waals surface area contributed by atoms with Crippen molar-refractivity contribution in [3.05, 3.63) is 89.5 Å². The van der Waals surface area contributed by atoms with Gasteiger partial charge in [0.05, 0.1) is 11.9 Å². The molecule has 2 aliphatic rings. The van der Waals surface area contributed by atoms with Gasteiger partial charge in [-0.2, -0.15) is 0 Å². The zero-order chi connectivity index (χ0) is 30.7. The first-order valence-electron chi connectivity index (χ1n) is 15.5. The largest absolute Gasteiger partial charge is 0.506 e. The summed E-state index contributed by atoms with van der Waals surface area (Å²) in [7, 11) is 0. The van der Waals surface area contributed by atoms with Gasteiger partial charge in [-0.3, -0.25) is 0 Å². The van der Waals surface area contributed by atoms with E-state index in [1.807, 2.05) is 36.4 Å². The fraction of sp³-hybridized carbons (Fsp3) is 0.421. The number of phenolic OH excluding ortho intramolecular Hbond substituents is 1. The van der Waals surface area contributed by atoms with Gasteiger partial charge in [-0.25, -0.2) is 4.98 Å². The average molecular weight is 770 g/mol. The first-order chi connectivity index (χ1) is 20.2. The summed E-state index contributed by atoms with van der Waals surface area (Å²) in [5.41, 5.74) is 5.42. The Balaban J connectivity index is 0.00000384. The van der Waals surface area contributed by atoms with Crippen molar-refractivity contribution < 1.29 is 30.9 Å². The third kappa shape index (κ3) is 6.18. The summed E-state index contributed by atoms with van der Waals surface area (Å²) in [5, 5.41) is 11.2. The van der Waals surface area contributed by atoms with Crippen LogP contribution in [-0.4, -0.2) is 28.0 Å². The van der Waals surface area contributed by atoms with Crippen LogP contribution >= 0.6 is 0 Å². The van der Waals surface area contributed by atoms with E-state index in [-0.39, 0.29) is 55.1 Å². The molecule has 1 saturated carbocycles. The van der Waals surface area contributed by atoms with Crippen molar-refractivity contribution in [2.75, 3.05) is 4.90 Å². The van der Waals surface area contributed by atoms with Gasteiger partial charge in [0.2, 0.25) is 5.88 Å².